The van der Waals surface area contributed by atoms with Crippen molar-refractivity contribution in [2.45, 2.75) is 118 Å². The zero-order valence-corrected chi connectivity index (χ0v) is 23.2. The van der Waals surface area contributed by atoms with E-state index in [1.165, 1.54) is 0 Å². The third kappa shape index (κ3) is 7.23. The normalized spacial score (nSPS) is 17.6. The zero-order valence-electron chi connectivity index (χ0n) is 23.2. The Labute approximate surface area is 207 Å². The van der Waals surface area contributed by atoms with Crippen LogP contribution in [-0.4, -0.2) is 35.7 Å². The molecule has 0 amide bonds. The molecule has 0 aromatic heterocycles. The van der Waals surface area contributed by atoms with Crippen LogP contribution in [0, 0.1) is 5.41 Å². The van der Waals surface area contributed by atoms with Crippen molar-refractivity contribution in [3.63, 3.8) is 0 Å². The number of hydrogen-bond acceptors (Lipinski definition) is 5. The Morgan fingerprint density at radius 2 is 1.62 bits per heavy atom. The van der Waals surface area contributed by atoms with Gasteiger partial charge in [-0.2, -0.15) is 0 Å². The van der Waals surface area contributed by atoms with Crippen LogP contribution in [0.25, 0.3) is 0 Å². The van der Waals surface area contributed by atoms with Crippen LogP contribution in [0.5, 0.6) is 5.75 Å². The van der Waals surface area contributed by atoms with E-state index in [0.717, 1.165) is 36.0 Å². The van der Waals surface area contributed by atoms with Crippen molar-refractivity contribution >= 4 is 11.9 Å². The van der Waals surface area contributed by atoms with Gasteiger partial charge in [-0.05, 0) is 61.1 Å². The number of aromatic hydroxyl groups is 1. The number of phenolic OH excluding ortho intramolecular Hbond substituents is 1. The van der Waals surface area contributed by atoms with Crippen LogP contribution in [-0.2, 0) is 31.5 Å². The highest BCUT2D eigenvalue weighted by atomic mass is 16.5. The molecule has 1 aromatic carbocycles. The molecule has 5 nitrogen and oxygen atoms in total. The Morgan fingerprint density at radius 3 is 2.06 bits per heavy atom. The first kappa shape index (κ1) is 28.2. The summed E-state index contributed by atoms with van der Waals surface area (Å²) < 4.78 is 11.8. The Balaban J connectivity index is 2.46. The number of nitrogens with zero attached hydrogens (tertiary/aromatic N) is 1. The SMILES string of the molecule is CCCCCC(=O)OCC(C)(Cc1cc(C(C)(C)C)c(O)c(C(C)(C)C)c1)C1=NC(C)(C)CO1. The molecule has 1 unspecified atom stereocenters. The van der Waals surface area contributed by atoms with Crippen LogP contribution in [0.1, 0.15) is 112 Å². The fraction of sp³-hybridized carbons (Fsp3) is 0.724. The molecule has 1 N–H and O–H groups in total. The first-order valence-corrected chi connectivity index (χ1v) is 12.7. The van der Waals surface area contributed by atoms with E-state index in [1.54, 1.807) is 0 Å². The van der Waals surface area contributed by atoms with Gasteiger partial charge in [0, 0.05) is 6.42 Å². The number of benzene rings is 1. The largest absolute Gasteiger partial charge is 0.507 e. The second kappa shape index (κ2) is 10.3. The van der Waals surface area contributed by atoms with Crippen molar-refractivity contribution in [1.29, 1.82) is 0 Å². The highest BCUT2D eigenvalue weighted by Crippen LogP contribution is 2.41. The van der Waals surface area contributed by atoms with Crippen molar-refractivity contribution in [3.8, 4) is 5.75 Å². The first-order valence-electron chi connectivity index (χ1n) is 12.7. The second-order valence-electron chi connectivity index (χ2n) is 12.9. The summed E-state index contributed by atoms with van der Waals surface area (Å²) in [4.78, 5) is 17.3. The second-order valence-corrected chi connectivity index (χ2v) is 12.9. The van der Waals surface area contributed by atoms with E-state index in [1.807, 2.05) is 13.8 Å². The summed E-state index contributed by atoms with van der Waals surface area (Å²) in [5.74, 6) is 0.832. The number of esters is 1. The van der Waals surface area contributed by atoms with E-state index in [4.69, 9.17) is 14.5 Å². The molecule has 1 aromatic rings. The molecule has 1 aliphatic heterocycles. The van der Waals surface area contributed by atoms with Crippen LogP contribution < -0.4 is 0 Å². The lowest BCUT2D eigenvalue weighted by Gasteiger charge is -2.32. The summed E-state index contributed by atoms with van der Waals surface area (Å²) in [5, 5.41) is 11.1. The van der Waals surface area contributed by atoms with Crippen LogP contribution in [0.2, 0.25) is 0 Å². The van der Waals surface area contributed by atoms with Gasteiger partial charge >= 0.3 is 5.97 Å². The highest BCUT2D eigenvalue weighted by molar-refractivity contribution is 5.85. The maximum atomic E-state index is 12.4. The molecule has 1 atom stereocenters. The average molecular weight is 474 g/mol. The average Bonchev–Trinajstić information content (AvgIpc) is 3.06. The molecule has 0 saturated carbocycles. The summed E-state index contributed by atoms with van der Waals surface area (Å²) in [6.07, 6.45) is 3.96. The van der Waals surface area contributed by atoms with Gasteiger partial charge in [0.1, 0.15) is 19.0 Å². The fourth-order valence-electron chi connectivity index (χ4n) is 4.30. The van der Waals surface area contributed by atoms with Gasteiger partial charge in [-0.25, -0.2) is 4.99 Å². The lowest BCUT2D eigenvalue weighted by Crippen LogP contribution is -2.37. The lowest BCUT2D eigenvalue weighted by molar-refractivity contribution is -0.146. The molecule has 0 aliphatic carbocycles. The summed E-state index contributed by atoms with van der Waals surface area (Å²) in [7, 11) is 0. The molecule has 192 valence electrons. The third-order valence-electron chi connectivity index (χ3n) is 6.40. The Hall–Kier alpha value is -2.04. The van der Waals surface area contributed by atoms with E-state index in [9.17, 15) is 9.90 Å². The van der Waals surface area contributed by atoms with E-state index >= 15 is 0 Å². The number of rotatable bonds is 9. The smallest absolute Gasteiger partial charge is 0.305 e. The molecule has 0 radical (unpaired) electrons. The van der Waals surface area contributed by atoms with Crippen LogP contribution in [0.15, 0.2) is 17.1 Å². The molecule has 0 spiro atoms. The van der Waals surface area contributed by atoms with E-state index in [-0.39, 0.29) is 28.9 Å². The van der Waals surface area contributed by atoms with Crippen molar-refractivity contribution in [2.24, 2.45) is 10.4 Å². The third-order valence-corrected chi connectivity index (χ3v) is 6.40. The highest BCUT2D eigenvalue weighted by Gasteiger charge is 2.41. The predicted molar refractivity (Wildman–Crippen MR) is 140 cm³/mol. The van der Waals surface area contributed by atoms with Crippen molar-refractivity contribution in [1.82, 2.24) is 0 Å². The minimum Gasteiger partial charge on any atom is -0.507 e. The van der Waals surface area contributed by atoms with Gasteiger partial charge in [-0.15, -0.1) is 0 Å². The molecule has 34 heavy (non-hydrogen) atoms. The Bertz CT molecular complexity index is 867. The maximum absolute atomic E-state index is 12.4. The first-order chi connectivity index (χ1) is 15.5. The number of phenols is 1. The summed E-state index contributed by atoms with van der Waals surface area (Å²) in [6, 6.07) is 4.18. The standard InChI is InChI=1S/C29H47NO4/c1-11-12-13-14-23(31)33-19-29(10,25-30-28(8,9)18-34-25)17-20-15-21(26(2,3)4)24(32)22(16-20)27(5,6)7/h15-16,32H,11-14,17-19H2,1-10H3. The minimum atomic E-state index is -0.602. The Morgan fingerprint density at radius 1 is 1.06 bits per heavy atom. The molecular weight excluding hydrogens is 426 g/mol. The molecule has 1 heterocycles. The van der Waals surface area contributed by atoms with Crippen molar-refractivity contribution in [2.75, 3.05) is 13.2 Å². The molecular formula is C29H47NO4. The Kier molecular flexibility index (Phi) is 8.54. The van der Waals surface area contributed by atoms with Gasteiger partial charge in [0.2, 0.25) is 0 Å². The molecule has 0 bridgehead atoms. The number of hydrogen-bond donors (Lipinski definition) is 1. The molecule has 0 saturated heterocycles. The van der Waals surface area contributed by atoms with Gasteiger partial charge in [0.15, 0.2) is 5.90 Å². The topological polar surface area (TPSA) is 68.1 Å². The summed E-state index contributed by atoms with van der Waals surface area (Å²) >= 11 is 0. The number of ether oxygens (including phenoxy) is 2. The summed E-state index contributed by atoms with van der Waals surface area (Å²) in [5.41, 5.74) is 1.58. The zero-order chi connectivity index (χ0) is 25.9. The molecule has 5 heteroatoms. The van der Waals surface area contributed by atoms with E-state index < -0.39 is 5.41 Å². The monoisotopic (exact) mass is 473 g/mol. The molecule has 1 aliphatic rings. The van der Waals surface area contributed by atoms with Gasteiger partial charge in [-0.1, -0.05) is 73.4 Å². The quantitative estimate of drug-likeness (QED) is 0.314. The number of carbonyl (C=O) groups excluding carboxylic acids is 1. The van der Waals surface area contributed by atoms with Crippen LogP contribution >= 0.6 is 0 Å². The number of carbonyl (C=O) groups is 1. The van der Waals surface area contributed by atoms with Crippen LogP contribution in [0.4, 0.5) is 0 Å². The van der Waals surface area contributed by atoms with Crippen molar-refractivity contribution in [3.05, 3.63) is 28.8 Å². The number of aliphatic imine (C=N–C) groups is 1. The predicted octanol–water partition coefficient (Wildman–Crippen LogP) is 6.87. The van der Waals surface area contributed by atoms with Gasteiger partial charge in [-0.3, -0.25) is 4.79 Å². The minimum absolute atomic E-state index is 0.172. The van der Waals surface area contributed by atoms with Gasteiger partial charge in [0.25, 0.3) is 0 Å². The van der Waals surface area contributed by atoms with Crippen LogP contribution in [0.3, 0.4) is 0 Å². The van der Waals surface area contributed by atoms with Gasteiger partial charge < -0.3 is 14.6 Å². The van der Waals surface area contributed by atoms with Crippen molar-refractivity contribution < 1.29 is 19.4 Å². The fourth-order valence-corrected chi connectivity index (χ4v) is 4.30. The molecule has 2 rings (SSSR count). The molecule has 0 fully saturated rings. The van der Waals surface area contributed by atoms with E-state index in [2.05, 4.69) is 67.5 Å². The number of unbranched alkanes of at least 4 members (excludes halogenated alkanes) is 2. The maximum Gasteiger partial charge on any atom is 0.305 e. The van der Waals surface area contributed by atoms with E-state index in [0.29, 0.717) is 31.1 Å². The lowest BCUT2D eigenvalue weighted by atomic mass is 9.76. The summed E-state index contributed by atoms with van der Waals surface area (Å²) in [6.45, 7) is 21.7. The van der Waals surface area contributed by atoms with Gasteiger partial charge in [0.05, 0.1) is 11.0 Å².